The first-order valence-electron chi connectivity index (χ1n) is 7.81. The SMILES string of the molecule is CCN(CC1CCCO1)C(=O)c1cccc2c1NCCN2. The van der Waals surface area contributed by atoms with E-state index >= 15 is 0 Å². The molecule has 21 heavy (non-hydrogen) atoms. The summed E-state index contributed by atoms with van der Waals surface area (Å²) in [7, 11) is 0. The van der Waals surface area contributed by atoms with Crippen molar-refractivity contribution in [2.45, 2.75) is 25.9 Å². The number of nitrogens with one attached hydrogen (secondary N) is 2. The molecule has 3 rings (SSSR count). The zero-order chi connectivity index (χ0) is 14.7. The highest BCUT2D eigenvalue weighted by Gasteiger charge is 2.25. The van der Waals surface area contributed by atoms with E-state index in [9.17, 15) is 4.79 Å². The molecular formula is C16H23N3O2. The molecule has 2 aliphatic heterocycles. The van der Waals surface area contributed by atoms with Crippen molar-refractivity contribution >= 4 is 17.3 Å². The van der Waals surface area contributed by atoms with Crippen LogP contribution < -0.4 is 10.6 Å². The van der Waals surface area contributed by atoms with Crippen molar-refractivity contribution in [3.63, 3.8) is 0 Å². The minimum atomic E-state index is 0.0843. The molecule has 2 N–H and O–H groups in total. The van der Waals surface area contributed by atoms with Gasteiger partial charge in [0.1, 0.15) is 0 Å². The average Bonchev–Trinajstić information content (AvgIpc) is 3.04. The molecule has 2 heterocycles. The fourth-order valence-corrected chi connectivity index (χ4v) is 3.01. The number of anilines is 2. The average molecular weight is 289 g/mol. The van der Waals surface area contributed by atoms with E-state index in [1.165, 1.54) is 0 Å². The zero-order valence-corrected chi connectivity index (χ0v) is 12.5. The van der Waals surface area contributed by atoms with Gasteiger partial charge in [-0.3, -0.25) is 4.79 Å². The summed E-state index contributed by atoms with van der Waals surface area (Å²) in [6.45, 7) is 5.96. The van der Waals surface area contributed by atoms with Crippen LogP contribution in [0.15, 0.2) is 18.2 Å². The number of likely N-dealkylation sites (N-methyl/N-ethyl adjacent to an activating group) is 1. The molecule has 1 amide bonds. The maximum atomic E-state index is 12.8. The normalized spacial score (nSPS) is 20.3. The Hall–Kier alpha value is -1.75. The van der Waals surface area contributed by atoms with Crippen molar-refractivity contribution in [3.05, 3.63) is 23.8 Å². The van der Waals surface area contributed by atoms with Gasteiger partial charge >= 0.3 is 0 Å². The minimum absolute atomic E-state index is 0.0843. The molecule has 5 heteroatoms. The molecule has 114 valence electrons. The predicted molar refractivity (Wildman–Crippen MR) is 84.0 cm³/mol. The number of nitrogens with zero attached hydrogens (tertiary/aromatic N) is 1. The Bertz CT molecular complexity index is 512. The lowest BCUT2D eigenvalue weighted by Gasteiger charge is -2.27. The van der Waals surface area contributed by atoms with Crippen molar-refractivity contribution in [2.24, 2.45) is 0 Å². The molecule has 5 nitrogen and oxygen atoms in total. The fourth-order valence-electron chi connectivity index (χ4n) is 3.01. The second-order valence-corrected chi connectivity index (χ2v) is 5.56. The summed E-state index contributed by atoms with van der Waals surface area (Å²) in [5.41, 5.74) is 2.69. The van der Waals surface area contributed by atoms with Crippen LogP contribution in [0.3, 0.4) is 0 Å². The Morgan fingerprint density at radius 3 is 3.00 bits per heavy atom. The predicted octanol–water partition coefficient (Wildman–Crippen LogP) is 2.17. The summed E-state index contributed by atoms with van der Waals surface area (Å²) >= 11 is 0. The van der Waals surface area contributed by atoms with E-state index in [-0.39, 0.29) is 12.0 Å². The molecule has 0 aliphatic carbocycles. The Morgan fingerprint density at radius 1 is 1.38 bits per heavy atom. The van der Waals surface area contributed by atoms with Gasteiger partial charge < -0.3 is 20.3 Å². The van der Waals surface area contributed by atoms with Gasteiger partial charge in [0.15, 0.2) is 0 Å². The van der Waals surface area contributed by atoms with Crippen LogP contribution >= 0.6 is 0 Å². The molecule has 1 aromatic carbocycles. The van der Waals surface area contributed by atoms with Gasteiger partial charge in [0.05, 0.1) is 23.0 Å². The highest BCUT2D eigenvalue weighted by Crippen LogP contribution is 2.29. The largest absolute Gasteiger partial charge is 0.382 e. The molecule has 1 atom stereocenters. The van der Waals surface area contributed by atoms with Crippen LogP contribution in [0.25, 0.3) is 0 Å². The monoisotopic (exact) mass is 289 g/mol. The number of para-hydroxylation sites is 1. The van der Waals surface area contributed by atoms with Crippen molar-refractivity contribution in [3.8, 4) is 0 Å². The first-order chi connectivity index (χ1) is 10.3. The van der Waals surface area contributed by atoms with Gasteiger partial charge in [0.2, 0.25) is 0 Å². The topological polar surface area (TPSA) is 53.6 Å². The fraction of sp³-hybridized carbons (Fsp3) is 0.562. The number of carbonyl (C=O) groups excluding carboxylic acids is 1. The summed E-state index contributed by atoms with van der Waals surface area (Å²) in [6, 6.07) is 5.85. The number of hydrogen-bond donors (Lipinski definition) is 2. The minimum Gasteiger partial charge on any atom is -0.382 e. The number of benzene rings is 1. The van der Waals surface area contributed by atoms with Crippen LogP contribution in [0.5, 0.6) is 0 Å². The molecule has 1 fully saturated rings. The lowest BCUT2D eigenvalue weighted by atomic mass is 10.1. The lowest BCUT2D eigenvalue weighted by Crippen LogP contribution is -2.38. The second-order valence-electron chi connectivity index (χ2n) is 5.56. The molecule has 1 saturated heterocycles. The standard InChI is InChI=1S/C16H23N3O2/c1-2-19(11-12-5-4-10-21-12)16(20)13-6-3-7-14-15(13)18-9-8-17-14/h3,6-7,12,17-18H,2,4-5,8-11H2,1H3. The van der Waals surface area contributed by atoms with E-state index in [1.807, 2.05) is 30.0 Å². The van der Waals surface area contributed by atoms with E-state index in [2.05, 4.69) is 10.6 Å². The van der Waals surface area contributed by atoms with E-state index < -0.39 is 0 Å². The third-order valence-corrected chi connectivity index (χ3v) is 4.15. The third-order valence-electron chi connectivity index (χ3n) is 4.15. The molecule has 2 aliphatic rings. The molecule has 0 saturated carbocycles. The van der Waals surface area contributed by atoms with Crippen molar-refractivity contribution in [1.82, 2.24) is 4.90 Å². The summed E-state index contributed by atoms with van der Waals surface area (Å²) < 4.78 is 5.66. The first kappa shape index (κ1) is 14.2. The van der Waals surface area contributed by atoms with Crippen LogP contribution in [0.1, 0.15) is 30.1 Å². The number of amides is 1. The second kappa shape index (κ2) is 6.35. The quantitative estimate of drug-likeness (QED) is 0.892. The summed E-state index contributed by atoms with van der Waals surface area (Å²) in [5, 5.41) is 6.67. The number of fused-ring (bicyclic) bond motifs is 1. The third kappa shape index (κ3) is 2.97. The molecule has 0 aromatic heterocycles. The zero-order valence-electron chi connectivity index (χ0n) is 12.5. The maximum Gasteiger partial charge on any atom is 0.256 e. The van der Waals surface area contributed by atoms with Crippen molar-refractivity contribution in [1.29, 1.82) is 0 Å². The van der Waals surface area contributed by atoms with Crippen LogP contribution in [0.2, 0.25) is 0 Å². The Balaban J connectivity index is 1.79. The number of rotatable bonds is 4. The Labute approximate surface area is 125 Å². The lowest BCUT2D eigenvalue weighted by molar-refractivity contribution is 0.0540. The molecule has 0 bridgehead atoms. The highest BCUT2D eigenvalue weighted by molar-refractivity contribution is 6.02. The summed E-state index contributed by atoms with van der Waals surface area (Å²) in [6.07, 6.45) is 2.35. The number of hydrogen-bond acceptors (Lipinski definition) is 4. The highest BCUT2D eigenvalue weighted by atomic mass is 16.5. The first-order valence-corrected chi connectivity index (χ1v) is 7.81. The van der Waals surface area contributed by atoms with Gasteiger partial charge in [0.25, 0.3) is 5.91 Å². The molecule has 1 unspecified atom stereocenters. The van der Waals surface area contributed by atoms with Crippen molar-refractivity contribution < 1.29 is 9.53 Å². The van der Waals surface area contributed by atoms with Gasteiger partial charge in [-0.25, -0.2) is 0 Å². The van der Waals surface area contributed by atoms with Gasteiger partial charge in [-0.05, 0) is 31.9 Å². The number of ether oxygens (including phenoxy) is 1. The molecular weight excluding hydrogens is 266 g/mol. The Kier molecular flexibility index (Phi) is 4.29. The molecule has 0 spiro atoms. The molecule has 0 radical (unpaired) electrons. The maximum absolute atomic E-state index is 12.8. The molecule has 1 aromatic rings. The van der Waals surface area contributed by atoms with Crippen LogP contribution in [0.4, 0.5) is 11.4 Å². The van der Waals surface area contributed by atoms with Crippen LogP contribution in [0, 0.1) is 0 Å². The van der Waals surface area contributed by atoms with Gasteiger partial charge in [-0.1, -0.05) is 6.07 Å². The van der Waals surface area contributed by atoms with Crippen molar-refractivity contribution in [2.75, 3.05) is 43.4 Å². The van der Waals surface area contributed by atoms with Gasteiger partial charge in [-0.15, -0.1) is 0 Å². The van der Waals surface area contributed by atoms with E-state index in [1.54, 1.807) is 0 Å². The summed E-state index contributed by atoms with van der Waals surface area (Å²) in [4.78, 5) is 14.7. The number of carbonyl (C=O) groups is 1. The van der Waals surface area contributed by atoms with Gasteiger partial charge in [0, 0.05) is 32.8 Å². The van der Waals surface area contributed by atoms with E-state index in [0.717, 1.165) is 49.5 Å². The van der Waals surface area contributed by atoms with E-state index in [4.69, 9.17) is 4.74 Å². The summed E-state index contributed by atoms with van der Waals surface area (Å²) in [5.74, 6) is 0.0843. The smallest absolute Gasteiger partial charge is 0.256 e. The van der Waals surface area contributed by atoms with E-state index in [0.29, 0.717) is 13.1 Å². The Morgan fingerprint density at radius 2 is 2.24 bits per heavy atom. The van der Waals surface area contributed by atoms with Gasteiger partial charge in [-0.2, -0.15) is 0 Å². The van der Waals surface area contributed by atoms with Crippen LogP contribution in [-0.2, 0) is 4.74 Å². The van der Waals surface area contributed by atoms with Crippen LogP contribution in [-0.4, -0.2) is 49.7 Å².